The van der Waals surface area contributed by atoms with E-state index in [4.69, 9.17) is 0 Å². The highest BCUT2D eigenvalue weighted by Crippen LogP contribution is 2.28. The summed E-state index contributed by atoms with van der Waals surface area (Å²) in [5.41, 5.74) is 0. The third-order valence-electron chi connectivity index (χ3n) is 1.37. The number of aromatic nitrogens is 2. The number of carbonyl (C=O) groups is 1. The minimum Gasteiger partial charge on any atom is -0.465 e. The molecule has 1 aromatic rings. The summed E-state index contributed by atoms with van der Waals surface area (Å²) in [5, 5.41) is 2.32. The molecule has 0 saturated heterocycles. The van der Waals surface area contributed by atoms with E-state index in [0.717, 1.165) is 0 Å². The normalized spacial score (nSPS) is 11.2. The second-order valence-corrected chi connectivity index (χ2v) is 3.33. The van der Waals surface area contributed by atoms with Crippen molar-refractivity contribution >= 4 is 22.6 Å². The highest BCUT2D eigenvalue weighted by molar-refractivity contribution is 7.09. The van der Waals surface area contributed by atoms with Gasteiger partial charge in [0.15, 0.2) is 0 Å². The maximum absolute atomic E-state index is 12.1. The number of esters is 1. The van der Waals surface area contributed by atoms with Crippen molar-refractivity contribution in [3.05, 3.63) is 5.82 Å². The Bertz CT molecular complexity index is 366. The van der Waals surface area contributed by atoms with Crippen LogP contribution in [0.4, 0.5) is 18.3 Å². The first-order valence-electron chi connectivity index (χ1n) is 4.24. The van der Waals surface area contributed by atoms with E-state index in [-0.39, 0.29) is 18.3 Å². The molecule has 0 aromatic carbocycles. The Hall–Kier alpha value is -1.38. The van der Waals surface area contributed by atoms with Gasteiger partial charge < -0.3 is 10.1 Å². The molecule has 1 rings (SSSR count). The summed E-state index contributed by atoms with van der Waals surface area (Å²) in [5.74, 6) is -1.78. The van der Waals surface area contributed by atoms with Gasteiger partial charge in [0, 0.05) is 11.5 Å². The average molecular weight is 255 g/mol. The summed E-state index contributed by atoms with van der Waals surface area (Å²) >= 11 is 0.536. The van der Waals surface area contributed by atoms with E-state index in [1.54, 1.807) is 6.92 Å². The molecule has 1 aromatic heterocycles. The minimum absolute atomic E-state index is 0.0691. The van der Waals surface area contributed by atoms with Crippen LogP contribution in [0.25, 0.3) is 0 Å². The quantitative estimate of drug-likeness (QED) is 0.826. The fourth-order valence-corrected chi connectivity index (χ4v) is 1.35. The Morgan fingerprint density at radius 3 is 2.75 bits per heavy atom. The zero-order valence-corrected chi connectivity index (χ0v) is 8.98. The Morgan fingerprint density at radius 2 is 2.25 bits per heavy atom. The highest BCUT2D eigenvalue weighted by Gasteiger charge is 2.36. The molecule has 0 unspecified atom stereocenters. The van der Waals surface area contributed by atoms with Gasteiger partial charge in [-0.15, -0.1) is 0 Å². The molecule has 0 spiro atoms. The Balaban J connectivity index is 2.50. The fourth-order valence-electron chi connectivity index (χ4n) is 0.770. The van der Waals surface area contributed by atoms with Gasteiger partial charge in [0.2, 0.25) is 11.0 Å². The molecule has 90 valence electrons. The molecule has 0 aliphatic carbocycles. The molecular formula is C7H8F3N3O2S. The first kappa shape index (κ1) is 12.7. The molecule has 0 atom stereocenters. The van der Waals surface area contributed by atoms with Crippen molar-refractivity contribution in [3.63, 3.8) is 0 Å². The summed E-state index contributed by atoms with van der Waals surface area (Å²) in [6, 6.07) is 0. The molecule has 0 saturated carbocycles. The van der Waals surface area contributed by atoms with Crippen LogP contribution in [0.5, 0.6) is 0 Å². The molecule has 0 aliphatic heterocycles. The molecule has 16 heavy (non-hydrogen) atoms. The summed E-state index contributed by atoms with van der Waals surface area (Å²) < 4.78 is 43.9. The van der Waals surface area contributed by atoms with Crippen molar-refractivity contribution in [2.24, 2.45) is 0 Å². The number of hydrogen-bond acceptors (Lipinski definition) is 6. The van der Waals surface area contributed by atoms with E-state index in [2.05, 4.69) is 19.4 Å². The van der Waals surface area contributed by atoms with Crippen molar-refractivity contribution in [2.75, 3.05) is 18.5 Å². The van der Waals surface area contributed by atoms with E-state index in [9.17, 15) is 18.0 Å². The van der Waals surface area contributed by atoms with Crippen LogP contribution in [0.2, 0.25) is 0 Å². The summed E-state index contributed by atoms with van der Waals surface area (Å²) in [4.78, 5) is 14.0. The third-order valence-corrected chi connectivity index (χ3v) is 2.04. The van der Waals surface area contributed by atoms with Crippen LogP contribution in [0, 0.1) is 0 Å². The van der Waals surface area contributed by atoms with E-state index < -0.39 is 18.0 Å². The van der Waals surface area contributed by atoms with E-state index in [0.29, 0.717) is 11.5 Å². The molecule has 0 radical (unpaired) electrons. The number of carbonyl (C=O) groups excluding carboxylic acids is 1. The van der Waals surface area contributed by atoms with Gasteiger partial charge in [-0.2, -0.15) is 22.5 Å². The third kappa shape index (κ3) is 3.65. The van der Waals surface area contributed by atoms with Crippen molar-refractivity contribution < 1.29 is 22.7 Å². The lowest BCUT2D eigenvalue weighted by atomic mass is 10.6. The van der Waals surface area contributed by atoms with Crippen molar-refractivity contribution in [1.82, 2.24) is 9.36 Å². The summed E-state index contributed by atoms with van der Waals surface area (Å²) in [6.07, 6.45) is -4.57. The van der Waals surface area contributed by atoms with E-state index >= 15 is 0 Å². The average Bonchev–Trinajstić information content (AvgIpc) is 2.63. The van der Waals surface area contributed by atoms with Crippen LogP contribution in [0.15, 0.2) is 0 Å². The fraction of sp³-hybridized carbons (Fsp3) is 0.571. The van der Waals surface area contributed by atoms with Gasteiger partial charge in [-0.1, -0.05) is 0 Å². The van der Waals surface area contributed by atoms with Gasteiger partial charge in [-0.25, -0.2) is 0 Å². The van der Waals surface area contributed by atoms with Crippen LogP contribution in [0.3, 0.4) is 0 Å². The lowest BCUT2D eigenvalue weighted by Crippen LogP contribution is -2.16. The first-order chi connectivity index (χ1) is 7.43. The number of anilines is 1. The predicted molar refractivity (Wildman–Crippen MR) is 50.0 cm³/mol. The smallest absolute Gasteiger partial charge is 0.452 e. The minimum atomic E-state index is -4.57. The van der Waals surface area contributed by atoms with Gasteiger partial charge >= 0.3 is 12.1 Å². The predicted octanol–water partition coefficient (Wildman–Crippen LogP) is 1.53. The van der Waals surface area contributed by atoms with Crippen LogP contribution < -0.4 is 5.32 Å². The second-order valence-electron chi connectivity index (χ2n) is 2.58. The van der Waals surface area contributed by atoms with E-state index in [1.807, 2.05) is 0 Å². The molecule has 0 aliphatic rings. The molecule has 0 fully saturated rings. The van der Waals surface area contributed by atoms with Gasteiger partial charge in [0.05, 0.1) is 6.61 Å². The maximum atomic E-state index is 12.1. The second kappa shape index (κ2) is 5.10. The van der Waals surface area contributed by atoms with Crippen LogP contribution in [-0.4, -0.2) is 28.5 Å². The lowest BCUT2D eigenvalue weighted by molar-refractivity contribution is -0.144. The monoisotopic (exact) mass is 255 g/mol. The van der Waals surface area contributed by atoms with Gasteiger partial charge in [0.1, 0.15) is 6.54 Å². The van der Waals surface area contributed by atoms with E-state index in [1.165, 1.54) is 0 Å². The zero-order valence-electron chi connectivity index (χ0n) is 8.17. The van der Waals surface area contributed by atoms with Gasteiger partial charge in [0.25, 0.3) is 0 Å². The van der Waals surface area contributed by atoms with Crippen molar-refractivity contribution in [2.45, 2.75) is 13.1 Å². The molecule has 0 amide bonds. The standard InChI is InChI=1S/C7H8F3N3O2S/c1-2-15-4(14)3-11-6-12-5(13-16-6)7(8,9)10/h2-3H2,1H3,(H,11,12,13). The van der Waals surface area contributed by atoms with Gasteiger partial charge in [-0.3, -0.25) is 4.79 Å². The molecule has 5 nitrogen and oxygen atoms in total. The Kier molecular flexibility index (Phi) is 4.05. The topological polar surface area (TPSA) is 64.1 Å². The maximum Gasteiger partial charge on any atom is 0.452 e. The number of ether oxygens (including phenoxy) is 1. The van der Waals surface area contributed by atoms with Crippen LogP contribution >= 0.6 is 11.5 Å². The highest BCUT2D eigenvalue weighted by atomic mass is 32.1. The van der Waals surface area contributed by atoms with Crippen LogP contribution in [-0.2, 0) is 15.7 Å². The number of nitrogens with zero attached hydrogens (tertiary/aromatic N) is 2. The zero-order chi connectivity index (χ0) is 12.2. The SMILES string of the molecule is CCOC(=O)CNc1nc(C(F)(F)F)ns1. The summed E-state index contributed by atoms with van der Waals surface area (Å²) in [7, 11) is 0. The van der Waals surface area contributed by atoms with Crippen LogP contribution in [0.1, 0.15) is 12.7 Å². The summed E-state index contributed by atoms with van der Waals surface area (Å²) in [6.45, 7) is 1.61. The van der Waals surface area contributed by atoms with Crippen molar-refractivity contribution in [3.8, 4) is 0 Å². The van der Waals surface area contributed by atoms with Gasteiger partial charge in [-0.05, 0) is 6.92 Å². The first-order valence-corrected chi connectivity index (χ1v) is 5.01. The Morgan fingerprint density at radius 1 is 1.56 bits per heavy atom. The number of nitrogens with one attached hydrogen (secondary N) is 1. The molecular weight excluding hydrogens is 247 g/mol. The number of alkyl halides is 3. The molecule has 1 N–H and O–H groups in total. The van der Waals surface area contributed by atoms with Crippen molar-refractivity contribution in [1.29, 1.82) is 0 Å². The molecule has 9 heteroatoms. The number of rotatable bonds is 4. The molecule has 1 heterocycles. The Labute approximate surface area is 92.8 Å². The lowest BCUT2D eigenvalue weighted by Gasteiger charge is -2.01. The number of halogens is 3. The molecule has 0 bridgehead atoms. The number of hydrogen-bond donors (Lipinski definition) is 1. The largest absolute Gasteiger partial charge is 0.465 e.